The zero-order valence-corrected chi connectivity index (χ0v) is 16.2. The molecule has 9 heteroatoms. The molecule has 1 atom stereocenters. The molecule has 1 aliphatic heterocycles. The molecule has 0 aliphatic carbocycles. The van der Waals surface area contributed by atoms with Crippen molar-refractivity contribution in [2.24, 2.45) is 0 Å². The van der Waals surface area contributed by atoms with Gasteiger partial charge in [0.2, 0.25) is 0 Å². The Balaban J connectivity index is 0.000000582. The van der Waals surface area contributed by atoms with Crippen molar-refractivity contribution < 1.29 is 24.5 Å². The number of para-hydroxylation sites is 1. The number of hydrogen-bond acceptors (Lipinski definition) is 6. The Kier molecular flexibility index (Phi) is 10.9. The van der Waals surface area contributed by atoms with E-state index in [0.717, 1.165) is 29.5 Å². The third-order valence-electron chi connectivity index (χ3n) is 4.27. The summed E-state index contributed by atoms with van der Waals surface area (Å²) in [6.45, 7) is 5.17. The van der Waals surface area contributed by atoms with E-state index in [2.05, 4.69) is 33.1 Å². The van der Waals surface area contributed by atoms with E-state index in [1.165, 1.54) is 25.9 Å². The molecule has 2 heterocycles. The monoisotopic (exact) mass is 392 g/mol. The summed E-state index contributed by atoms with van der Waals surface area (Å²) in [6.07, 6.45) is 3.35. The fourth-order valence-corrected chi connectivity index (χ4v) is 3.07. The van der Waals surface area contributed by atoms with Crippen LogP contribution in [-0.2, 0) is 16.0 Å². The summed E-state index contributed by atoms with van der Waals surface area (Å²) in [6, 6.07) is 8.04. The lowest BCUT2D eigenvalue weighted by Crippen LogP contribution is -2.24. The first kappa shape index (κ1) is 23.1. The molecule has 1 saturated heterocycles. The van der Waals surface area contributed by atoms with E-state index >= 15 is 0 Å². The SMILES string of the molecule is COc1ccccc1Cc1nc(C(C)CN2CCCC2)n[nH]1.O=CO.O=CO. The second-order valence-electron chi connectivity index (χ2n) is 6.25. The molecule has 28 heavy (non-hydrogen) atoms. The molecule has 0 spiro atoms. The van der Waals surface area contributed by atoms with E-state index in [4.69, 9.17) is 24.5 Å². The van der Waals surface area contributed by atoms with Crippen LogP contribution in [0.15, 0.2) is 24.3 Å². The summed E-state index contributed by atoms with van der Waals surface area (Å²) in [4.78, 5) is 23.9. The molecule has 0 radical (unpaired) electrons. The minimum atomic E-state index is -0.250. The molecule has 1 fully saturated rings. The highest BCUT2D eigenvalue weighted by Crippen LogP contribution is 2.21. The van der Waals surface area contributed by atoms with Gasteiger partial charge in [0.15, 0.2) is 5.82 Å². The van der Waals surface area contributed by atoms with Crippen molar-refractivity contribution in [2.45, 2.75) is 32.1 Å². The molecule has 1 aliphatic rings. The summed E-state index contributed by atoms with van der Waals surface area (Å²) in [7, 11) is 1.70. The number of benzene rings is 1. The normalized spacial score (nSPS) is 14.1. The first-order valence-electron chi connectivity index (χ1n) is 9.00. The summed E-state index contributed by atoms with van der Waals surface area (Å²) in [5.74, 6) is 3.07. The lowest BCUT2D eigenvalue weighted by Gasteiger charge is -2.17. The number of carbonyl (C=O) groups is 2. The predicted octanol–water partition coefficient (Wildman–Crippen LogP) is 2.00. The number of rotatable bonds is 6. The molecule has 1 aromatic heterocycles. The number of hydrogen-bond donors (Lipinski definition) is 3. The zero-order valence-electron chi connectivity index (χ0n) is 16.2. The average molecular weight is 392 g/mol. The molecule has 0 amide bonds. The van der Waals surface area contributed by atoms with Gasteiger partial charge in [0.1, 0.15) is 11.6 Å². The van der Waals surface area contributed by atoms with Crippen molar-refractivity contribution in [2.75, 3.05) is 26.7 Å². The van der Waals surface area contributed by atoms with Crippen molar-refractivity contribution in [1.29, 1.82) is 0 Å². The first-order chi connectivity index (χ1) is 13.6. The second-order valence-corrected chi connectivity index (χ2v) is 6.25. The number of nitrogens with one attached hydrogen (secondary N) is 1. The highest BCUT2D eigenvalue weighted by Gasteiger charge is 2.19. The van der Waals surface area contributed by atoms with Gasteiger partial charge in [0.25, 0.3) is 12.9 Å². The van der Waals surface area contributed by atoms with Gasteiger partial charge in [-0.2, -0.15) is 5.10 Å². The number of aromatic amines is 1. The Bertz CT molecular complexity index is 695. The van der Waals surface area contributed by atoms with Crippen molar-refractivity contribution in [3.63, 3.8) is 0 Å². The van der Waals surface area contributed by atoms with Crippen LogP contribution in [0.3, 0.4) is 0 Å². The van der Waals surface area contributed by atoms with Gasteiger partial charge in [-0.3, -0.25) is 14.7 Å². The van der Waals surface area contributed by atoms with E-state index in [1.54, 1.807) is 7.11 Å². The molecule has 3 N–H and O–H groups in total. The van der Waals surface area contributed by atoms with Crippen LogP contribution in [0, 0.1) is 0 Å². The molecular weight excluding hydrogens is 364 g/mol. The molecule has 0 bridgehead atoms. The smallest absolute Gasteiger partial charge is 0.290 e. The zero-order chi connectivity index (χ0) is 20.8. The summed E-state index contributed by atoms with van der Waals surface area (Å²) in [5, 5.41) is 21.3. The van der Waals surface area contributed by atoms with Gasteiger partial charge in [-0.15, -0.1) is 0 Å². The number of carboxylic acid groups (broad SMARTS) is 2. The largest absolute Gasteiger partial charge is 0.496 e. The lowest BCUT2D eigenvalue weighted by atomic mass is 10.1. The number of methoxy groups -OCH3 is 1. The molecule has 1 unspecified atom stereocenters. The van der Waals surface area contributed by atoms with Gasteiger partial charge >= 0.3 is 0 Å². The summed E-state index contributed by atoms with van der Waals surface area (Å²) >= 11 is 0. The highest BCUT2D eigenvalue weighted by atomic mass is 16.5. The lowest BCUT2D eigenvalue weighted by molar-refractivity contribution is -0.123. The Morgan fingerprint density at radius 3 is 2.43 bits per heavy atom. The van der Waals surface area contributed by atoms with E-state index in [-0.39, 0.29) is 12.9 Å². The number of aromatic nitrogens is 3. The number of H-pyrrole nitrogens is 1. The second kappa shape index (κ2) is 13.3. The highest BCUT2D eigenvalue weighted by molar-refractivity contribution is 5.35. The van der Waals surface area contributed by atoms with Gasteiger partial charge in [-0.25, -0.2) is 4.98 Å². The molecule has 0 saturated carbocycles. The fourth-order valence-electron chi connectivity index (χ4n) is 3.07. The van der Waals surface area contributed by atoms with Crippen LogP contribution in [0.25, 0.3) is 0 Å². The van der Waals surface area contributed by atoms with Gasteiger partial charge < -0.3 is 19.8 Å². The van der Waals surface area contributed by atoms with Crippen molar-refractivity contribution in [3.8, 4) is 5.75 Å². The Labute approximate surface area is 164 Å². The number of likely N-dealkylation sites (tertiary alicyclic amines) is 1. The van der Waals surface area contributed by atoms with E-state index in [9.17, 15) is 0 Å². The van der Waals surface area contributed by atoms with Gasteiger partial charge in [-0.1, -0.05) is 25.1 Å². The third-order valence-corrected chi connectivity index (χ3v) is 4.27. The Morgan fingerprint density at radius 1 is 1.21 bits per heavy atom. The topological polar surface area (TPSA) is 129 Å². The quantitative estimate of drug-likeness (QED) is 0.637. The van der Waals surface area contributed by atoms with Crippen molar-refractivity contribution in [3.05, 3.63) is 41.5 Å². The molecule has 9 nitrogen and oxygen atoms in total. The van der Waals surface area contributed by atoms with Crippen LogP contribution in [-0.4, -0.2) is 70.0 Å². The van der Waals surface area contributed by atoms with E-state index in [0.29, 0.717) is 12.3 Å². The number of ether oxygens (including phenoxy) is 1. The summed E-state index contributed by atoms with van der Waals surface area (Å²) < 4.78 is 5.39. The van der Waals surface area contributed by atoms with Crippen molar-refractivity contribution in [1.82, 2.24) is 20.1 Å². The third kappa shape index (κ3) is 7.75. The minimum Gasteiger partial charge on any atom is -0.496 e. The fraction of sp³-hybridized carbons (Fsp3) is 0.474. The van der Waals surface area contributed by atoms with Crippen LogP contribution in [0.5, 0.6) is 5.75 Å². The van der Waals surface area contributed by atoms with Crippen molar-refractivity contribution >= 4 is 12.9 Å². The average Bonchev–Trinajstić information content (AvgIpc) is 3.36. The first-order valence-corrected chi connectivity index (χ1v) is 9.00. The maximum Gasteiger partial charge on any atom is 0.290 e. The Hall–Kier alpha value is -2.94. The van der Waals surface area contributed by atoms with Crippen LogP contribution in [0.2, 0.25) is 0 Å². The maximum atomic E-state index is 8.36. The minimum absolute atomic E-state index is 0.250. The maximum absolute atomic E-state index is 8.36. The van der Waals surface area contributed by atoms with Gasteiger partial charge in [-0.05, 0) is 32.0 Å². The van der Waals surface area contributed by atoms with Crippen LogP contribution in [0.4, 0.5) is 0 Å². The molecule has 154 valence electrons. The van der Waals surface area contributed by atoms with Crippen LogP contribution in [0.1, 0.15) is 42.9 Å². The van der Waals surface area contributed by atoms with E-state index in [1.807, 2.05) is 18.2 Å². The molecule has 3 rings (SSSR count). The van der Waals surface area contributed by atoms with Gasteiger partial charge in [0.05, 0.1) is 7.11 Å². The predicted molar refractivity (Wildman–Crippen MR) is 104 cm³/mol. The molecule has 2 aromatic rings. The Morgan fingerprint density at radius 2 is 1.82 bits per heavy atom. The summed E-state index contributed by atoms with van der Waals surface area (Å²) in [5.41, 5.74) is 1.12. The van der Waals surface area contributed by atoms with Crippen LogP contribution < -0.4 is 4.74 Å². The van der Waals surface area contributed by atoms with Crippen LogP contribution >= 0.6 is 0 Å². The van der Waals surface area contributed by atoms with E-state index < -0.39 is 0 Å². The molecule has 1 aromatic carbocycles. The molecular formula is C19H28N4O5. The standard InChI is InChI=1S/C17H24N4O.2CH2O2/c1-13(12-21-9-5-6-10-21)17-18-16(19-20-17)11-14-7-3-4-8-15(14)22-2;2*2-1-3/h3-4,7-8,13H,5-6,9-12H2,1-2H3,(H,18,19,20);2*1H,(H,2,3). The van der Waals surface area contributed by atoms with Gasteiger partial charge in [0, 0.05) is 24.4 Å². The number of nitrogens with zero attached hydrogens (tertiary/aromatic N) is 3.